The number of amides is 1. The van der Waals surface area contributed by atoms with Crippen LogP contribution in [0.4, 0.5) is 0 Å². The predicted octanol–water partition coefficient (Wildman–Crippen LogP) is 4.04. The van der Waals surface area contributed by atoms with Crippen molar-refractivity contribution >= 4 is 27.8 Å². The Bertz CT molecular complexity index is 1010. The van der Waals surface area contributed by atoms with Gasteiger partial charge in [0, 0.05) is 4.47 Å². The number of likely N-dealkylation sites (tertiary alicyclic amines) is 1. The molecule has 6 heteroatoms. The lowest BCUT2D eigenvalue weighted by Gasteiger charge is -2.27. The number of fused-ring (bicyclic) bond motifs is 1. The van der Waals surface area contributed by atoms with Gasteiger partial charge in [-0.1, -0.05) is 70.5 Å². The molecule has 2 saturated heterocycles. The Morgan fingerprint density at radius 2 is 1.97 bits per heavy atom. The lowest BCUT2D eigenvalue weighted by atomic mass is 9.77. The summed E-state index contributed by atoms with van der Waals surface area (Å²) in [5, 5.41) is 0. The fourth-order valence-electron chi connectivity index (χ4n) is 4.87. The number of hydrogen-bond acceptors (Lipinski definition) is 4. The molecule has 0 saturated carbocycles. The second kappa shape index (κ2) is 7.36. The summed E-state index contributed by atoms with van der Waals surface area (Å²) in [6.07, 6.45) is 3.48. The van der Waals surface area contributed by atoms with E-state index in [-0.39, 0.29) is 24.5 Å². The van der Waals surface area contributed by atoms with E-state index in [1.54, 1.807) is 0 Å². The van der Waals surface area contributed by atoms with Gasteiger partial charge in [-0.05, 0) is 30.2 Å². The van der Waals surface area contributed by atoms with Gasteiger partial charge in [0.1, 0.15) is 18.1 Å². The number of carbonyl (C=O) groups is 2. The Balaban J connectivity index is 1.35. The molecular formula is C24H22BrNO4. The zero-order valence-corrected chi connectivity index (χ0v) is 18.1. The quantitative estimate of drug-likeness (QED) is 0.491. The van der Waals surface area contributed by atoms with Gasteiger partial charge < -0.3 is 14.4 Å². The highest BCUT2D eigenvalue weighted by Gasteiger charge is 2.67. The van der Waals surface area contributed by atoms with E-state index in [0.29, 0.717) is 6.54 Å². The zero-order valence-electron chi connectivity index (χ0n) is 16.5. The fraction of sp³-hybridized carbons (Fsp3) is 0.333. The standard InChI is InChI=1S/C24H22BrNO4/c1-15(17-7-9-18(25)10-8-17)26-14-24-12-11-19(30-24)20(21(24)22(26)27)23(28)29-13-16-5-3-2-4-6-16/h2-12,15,19-21H,13-14H2,1H3/t15?,19-,20?,21+,24-/m1/s1. The van der Waals surface area contributed by atoms with Crippen LogP contribution in [0.3, 0.4) is 0 Å². The molecule has 2 fully saturated rings. The maximum Gasteiger partial charge on any atom is 0.313 e. The average molecular weight is 468 g/mol. The molecule has 0 radical (unpaired) electrons. The van der Waals surface area contributed by atoms with Crippen LogP contribution < -0.4 is 0 Å². The number of esters is 1. The van der Waals surface area contributed by atoms with Crippen LogP contribution in [0.25, 0.3) is 0 Å². The fourth-order valence-corrected chi connectivity index (χ4v) is 5.14. The lowest BCUT2D eigenvalue weighted by Crippen LogP contribution is -2.40. The van der Waals surface area contributed by atoms with Crippen molar-refractivity contribution in [2.75, 3.05) is 6.54 Å². The highest BCUT2D eigenvalue weighted by Crippen LogP contribution is 2.53. The van der Waals surface area contributed by atoms with Gasteiger partial charge in [-0.3, -0.25) is 9.59 Å². The van der Waals surface area contributed by atoms with Crippen LogP contribution >= 0.6 is 15.9 Å². The van der Waals surface area contributed by atoms with Gasteiger partial charge in [-0.25, -0.2) is 0 Å². The Morgan fingerprint density at radius 3 is 2.70 bits per heavy atom. The first-order chi connectivity index (χ1) is 14.5. The molecule has 2 bridgehead atoms. The van der Waals surface area contributed by atoms with Gasteiger partial charge in [0.25, 0.3) is 0 Å². The Morgan fingerprint density at radius 1 is 1.23 bits per heavy atom. The van der Waals surface area contributed by atoms with Gasteiger partial charge in [0.15, 0.2) is 0 Å². The first-order valence-electron chi connectivity index (χ1n) is 10.1. The molecule has 2 aromatic rings. The largest absolute Gasteiger partial charge is 0.460 e. The molecule has 0 aliphatic carbocycles. The Labute approximate surface area is 183 Å². The molecule has 154 valence electrons. The summed E-state index contributed by atoms with van der Waals surface area (Å²) in [4.78, 5) is 28.2. The van der Waals surface area contributed by atoms with Crippen molar-refractivity contribution in [1.29, 1.82) is 0 Å². The van der Waals surface area contributed by atoms with Gasteiger partial charge >= 0.3 is 5.97 Å². The molecular weight excluding hydrogens is 446 g/mol. The molecule has 3 aliphatic rings. The zero-order chi connectivity index (χ0) is 20.9. The smallest absolute Gasteiger partial charge is 0.313 e. The molecule has 5 rings (SSSR count). The Kier molecular flexibility index (Phi) is 4.79. The molecule has 1 amide bonds. The molecule has 30 heavy (non-hydrogen) atoms. The molecule has 5 atom stereocenters. The summed E-state index contributed by atoms with van der Waals surface area (Å²) in [6.45, 7) is 2.65. The van der Waals surface area contributed by atoms with Gasteiger partial charge in [-0.2, -0.15) is 0 Å². The number of benzene rings is 2. The van der Waals surface area contributed by atoms with Gasteiger partial charge in [0.05, 0.1) is 24.6 Å². The van der Waals surface area contributed by atoms with Crippen molar-refractivity contribution in [2.24, 2.45) is 11.8 Å². The van der Waals surface area contributed by atoms with Crippen molar-refractivity contribution in [1.82, 2.24) is 4.90 Å². The second-order valence-corrected chi connectivity index (χ2v) is 9.10. The maximum absolute atomic E-state index is 13.4. The van der Waals surface area contributed by atoms with Crippen molar-refractivity contribution in [2.45, 2.75) is 31.3 Å². The average Bonchev–Trinajstić information content (AvgIpc) is 3.41. The summed E-state index contributed by atoms with van der Waals surface area (Å²) in [5.74, 6) is -1.55. The first kappa shape index (κ1) is 19.5. The number of rotatable bonds is 5. The minimum Gasteiger partial charge on any atom is -0.460 e. The van der Waals surface area contributed by atoms with Crippen molar-refractivity contribution in [3.8, 4) is 0 Å². The minimum absolute atomic E-state index is 0.0427. The van der Waals surface area contributed by atoms with Crippen LogP contribution in [0.5, 0.6) is 0 Å². The highest BCUT2D eigenvalue weighted by atomic mass is 79.9. The van der Waals surface area contributed by atoms with Crippen LogP contribution in [0.15, 0.2) is 71.2 Å². The molecule has 3 heterocycles. The third-order valence-electron chi connectivity index (χ3n) is 6.45. The number of nitrogens with zero attached hydrogens (tertiary/aromatic N) is 1. The third-order valence-corrected chi connectivity index (χ3v) is 6.97. The molecule has 5 nitrogen and oxygen atoms in total. The van der Waals surface area contributed by atoms with Crippen LogP contribution in [0, 0.1) is 11.8 Å². The number of hydrogen-bond donors (Lipinski definition) is 0. The third kappa shape index (κ3) is 3.10. The number of halogens is 1. The van der Waals surface area contributed by atoms with E-state index in [0.717, 1.165) is 15.6 Å². The normalized spacial score (nSPS) is 29.9. The van der Waals surface area contributed by atoms with E-state index in [1.165, 1.54) is 0 Å². The summed E-state index contributed by atoms with van der Waals surface area (Å²) in [5.41, 5.74) is 1.23. The van der Waals surface area contributed by atoms with Crippen LogP contribution in [-0.4, -0.2) is 35.0 Å². The van der Waals surface area contributed by atoms with Gasteiger partial charge in [0.2, 0.25) is 5.91 Å². The molecule has 0 aromatic heterocycles. The van der Waals surface area contributed by atoms with E-state index in [9.17, 15) is 9.59 Å². The monoisotopic (exact) mass is 467 g/mol. The van der Waals surface area contributed by atoms with Crippen molar-refractivity contribution in [3.63, 3.8) is 0 Å². The van der Waals surface area contributed by atoms with Gasteiger partial charge in [-0.15, -0.1) is 0 Å². The first-order valence-corrected chi connectivity index (χ1v) is 10.9. The summed E-state index contributed by atoms with van der Waals surface area (Å²) >= 11 is 3.45. The molecule has 3 aliphatic heterocycles. The van der Waals surface area contributed by atoms with E-state index < -0.39 is 23.5 Å². The van der Waals surface area contributed by atoms with Crippen molar-refractivity contribution in [3.05, 3.63) is 82.3 Å². The number of ether oxygens (including phenoxy) is 2. The Hall–Kier alpha value is -2.44. The van der Waals surface area contributed by atoms with E-state index >= 15 is 0 Å². The van der Waals surface area contributed by atoms with E-state index in [1.807, 2.05) is 78.6 Å². The lowest BCUT2D eigenvalue weighted by molar-refractivity contribution is -0.155. The van der Waals surface area contributed by atoms with Crippen LogP contribution in [0.2, 0.25) is 0 Å². The van der Waals surface area contributed by atoms with E-state index in [4.69, 9.17) is 9.47 Å². The molecule has 1 spiro atoms. The predicted molar refractivity (Wildman–Crippen MR) is 114 cm³/mol. The molecule has 2 unspecified atom stereocenters. The summed E-state index contributed by atoms with van der Waals surface area (Å²) in [6, 6.07) is 17.4. The topological polar surface area (TPSA) is 55.8 Å². The van der Waals surface area contributed by atoms with E-state index in [2.05, 4.69) is 15.9 Å². The van der Waals surface area contributed by atoms with Crippen LogP contribution in [-0.2, 0) is 25.7 Å². The van der Waals surface area contributed by atoms with Crippen LogP contribution in [0.1, 0.15) is 24.1 Å². The minimum atomic E-state index is -0.734. The molecule has 0 N–H and O–H groups in total. The maximum atomic E-state index is 13.4. The second-order valence-electron chi connectivity index (χ2n) is 8.19. The molecule has 2 aromatic carbocycles. The van der Waals surface area contributed by atoms with Crippen molar-refractivity contribution < 1.29 is 19.1 Å². The summed E-state index contributed by atoms with van der Waals surface area (Å²) < 4.78 is 12.8. The highest BCUT2D eigenvalue weighted by molar-refractivity contribution is 9.10. The SMILES string of the molecule is CC(c1ccc(Br)cc1)N1C[C@@]23C=C[C@@H](O2)C(C(=O)OCc2ccccc2)[C@H]3C1=O. The number of carbonyl (C=O) groups excluding carboxylic acids is 2. The summed E-state index contributed by atoms with van der Waals surface area (Å²) in [7, 11) is 0.